The number of rotatable bonds is 5. The Balaban J connectivity index is 1.96. The van der Waals surface area contributed by atoms with Crippen LogP contribution >= 0.6 is 11.6 Å². The predicted octanol–water partition coefficient (Wildman–Crippen LogP) is 5.49. The number of Topliss-reactive ketones (excluding diaryl/α,β-unsaturated/α-hetero) is 1. The smallest absolute Gasteiger partial charge is 0.188 e. The third-order valence-corrected chi connectivity index (χ3v) is 3.43. The highest BCUT2D eigenvalue weighted by Gasteiger charge is 2.08. The molecule has 2 aromatic rings. The average molecular weight is 297 g/mol. The van der Waals surface area contributed by atoms with Crippen LogP contribution in [0.5, 0.6) is 0 Å². The van der Waals surface area contributed by atoms with E-state index in [1.807, 2.05) is 67.6 Å². The van der Waals surface area contributed by atoms with Crippen molar-refractivity contribution in [3.8, 4) is 0 Å². The van der Waals surface area contributed by atoms with E-state index in [2.05, 4.69) is 6.58 Å². The molecule has 0 aliphatic carbocycles. The molecule has 0 N–H and O–H groups in total. The number of aryl methyl sites for hydroxylation is 1. The van der Waals surface area contributed by atoms with Crippen molar-refractivity contribution in [1.29, 1.82) is 0 Å². The number of benzene rings is 2. The van der Waals surface area contributed by atoms with Crippen molar-refractivity contribution in [1.82, 2.24) is 0 Å². The Morgan fingerprint density at radius 1 is 1.10 bits per heavy atom. The fourth-order valence-electron chi connectivity index (χ4n) is 1.91. The lowest BCUT2D eigenvalue weighted by molar-refractivity contribution is 0.103. The van der Waals surface area contributed by atoms with Gasteiger partial charge in [0, 0.05) is 10.6 Å². The molecule has 0 bridgehead atoms. The van der Waals surface area contributed by atoms with Crippen molar-refractivity contribution >= 4 is 23.5 Å². The predicted molar refractivity (Wildman–Crippen MR) is 89.8 cm³/mol. The Bertz CT molecular complexity index is 664. The summed E-state index contributed by atoms with van der Waals surface area (Å²) in [5, 5.41) is 0.714. The van der Waals surface area contributed by atoms with Gasteiger partial charge in [-0.2, -0.15) is 0 Å². The van der Waals surface area contributed by atoms with Crippen molar-refractivity contribution < 1.29 is 4.79 Å². The molecule has 0 aliphatic heterocycles. The van der Waals surface area contributed by atoms with Gasteiger partial charge in [-0.3, -0.25) is 4.79 Å². The summed E-state index contributed by atoms with van der Waals surface area (Å²) in [5.41, 5.74) is 3.46. The molecule has 0 atom stereocenters. The van der Waals surface area contributed by atoms with E-state index >= 15 is 0 Å². The van der Waals surface area contributed by atoms with Crippen LogP contribution in [0.25, 0.3) is 6.08 Å². The van der Waals surface area contributed by atoms with Crippen LogP contribution in [0.4, 0.5) is 0 Å². The van der Waals surface area contributed by atoms with Gasteiger partial charge in [0.05, 0.1) is 0 Å². The van der Waals surface area contributed by atoms with Crippen LogP contribution in [0, 0.1) is 6.92 Å². The van der Waals surface area contributed by atoms with Gasteiger partial charge in [-0.1, -0.05) is 72.3 Å². The molecule has 2 rings (SSSR count). The lowest BCUT2D eigenvalue weighted by Crippen LogP contribution is -2.01. The van der Waals surface area contributed by atoms with E-state index in [0.717, 1.165) is 11.1 Å². The monoisotopic (exact) mass is 296 g/mol. The van der Waals surface area contributed by atoms with Crippen LogP contribution in [0.3, 0.4) is 0 Å². The summed E-state index contributed by atoms with van der Waals surface area (Å²) in [6, 6.07) is 15.1. The molecule has 0 saturated heterocycles. The van der Waals surface area contributed by atoms with Crippen LogP contribution in [0.2, 0.25) is 5.02 Å². The lowest BCUT2D eigenvalue weighted by atomic mass is 10.0. The van der Waals surface area contributed by atoms with Gasteiger partial charge in [0.25, 0.3) is 0 Å². The van der Waals surface area contributed by atoms with Crippen LogP contribution in [-0.4, -0.2) is 5.78 Å². The Kier molecular flexibility index (Phi) is 5.13. The Morgan fingerprint density at radius 3 is 2.33 bits per heavy atom. The van der Waals surface area contributed by atoms with E-state index < -0.39 is 0 Å². The summed E-state index contributed by atoms with van der Waals surface area (Å²) in [6.45, 7) is 5.87. The maximum absolute atomic E-state index is 12.2. The van der Waals surface area contributed by atoms with Crippen LogP contribution in [0.1, 0.15) is 27.9 Å². The molecule has 21 heavy (non-hydrogen) atoms. The second-order valence-corrected chi connectivity index (χ2v) is 5.39. The molecule has 0 heterocycles. The minimum Gasteiger partial charge on any atom is -0.289 e. The maximum Gasteiger partial charge on any atom is 0.188 e. The van der Waals surface area contributed by atoms with Gasteiger partial charge < -0.3 is 0 Å². The molecular weight excluding hydrogens is 280 g/mol. The number of allylic oxidation sites excluding steroid dienone is 2. The molecule has 0 saturated carbocycles. The molecule has 106 valence electrons. The van der Waals surface area contributed by atoms with Gasteiger partial charge >= 0.3 is 0 Å². The van der Waals surface area contributed by atoms with Crippen molar-refractivity contribution in [2.75, 3.05) is 0 Å². The number of hydrogen-bond acceptors (Lipinski definition) is 1. The first-order chi connectivity index (χ1) is 10.1. The summed E-state index contributed by atoms with van der Waals surface area (Å²) in [4.78, 5) is 12.2. The minimum absolute atomic E-state index is 0.00393. The summed E-state index contributed by atoms with van der Waals surface area (Å²) >= 11 is 5.83. The van der Waals surface area contributed by atoms with Gasteiger partial charge in [-0.05, 0) is 36.6 Å². The largest absolute Gasteiger partial charge is 0.289 e. The molecule has 0 aromatic heterocycles. The normalized spacial score (nSPS) is 10.8. The second-order valence-electron chi connectivity index (χ2n) is 4.96. The van der Waals surface area contributed by atoms with E-state index in [1.165, 1.54) is 0 Å². The summed E-state index contributed by atoms with van der Waals surface area (Å²) in [6.07, 6.45) is 4.44. The van der Waals surface area contributed by atoms with E-state index in [1.54, 1.807) is 0 Å². The molecule has 0 radical (unpaired) electrons. The highest BCUT2D eigenvalue weighted by Crippen LogP contribution is 2.14. The Labute approximate surface area is 130 Å². The molecule has 2 heteroatoms. The van der Waals surface area contributed by atoms with E-state index in [4.69, 9.17) is 11.6 Å². The van der Waals surface area contributed by atoms with Gasteiger partial charge in [0.15, 0.2) is 5.78 Å². The van der Waals surface area contributed by atoms with E-state index in [0.29, 0.717) is 22.6 Å². The molecule has 0 amide bonds. The molecule has 0 unspecified atom stereocenters. The number of halogens is 1. The Morgan fingerprint density at radius 2 is 1.71 bits per heavy atom. The van der Waals surface area contributed by atoms with Gasteiger partial charge in [-0.15, -0.1) is 0 Å². The fraction of sp³-hybridized carbons (Fsp3) is 0.105. The molecule has 0 aliphatic rings. The Hall–Kier alpha value is -2.12. The van der Waals surface area contributed by atoms with Crippen molar-refractivity contribution in [2.24, 2.45) is 0 Å². The quantitative estimate of drug-likeness (QED) is 0.526. The maximum atomic E-state index is 12.2. The molecular formula is C19H17ClO. The summed E-state index contributed by atoms with van der Waals surface area (Å²) < 4.78 is 0. The first-order valence-electron chi connectivity index (χ1n) is 6.77. The zero-order valence-corrected chi connectivity index (χ0v) is 12.7. The van der Waals surface area contributed by atoms with E-state index in [-0.39, 0.29) is 5.78 Å². The molecule has 0 fully saturated rings. The molecule has 2 aromatic carbocycles. The highest BCUT2D eigenvalue weighted by atomic mass is 35.5. The number of ketones is 1. The zero-order valence-electron chi connectivity index (χ0n) is 12.0. The highest BCUT2D eigenvalue weighted by molar-refractivity contribution is 6.30. The number of carbonyl (C=O) groups excluding carboxylic acids is 1. The van der Waals surface area contributed by atoms with Gasteiger partial charge in [-0.25, -0.2) is 0 Å². The first kappa shape index (κ1) is 15.3. The average Bonchev–Trinajstić information content (AvgIpc) is 2.49. The zero-order chi connectivity index (χ0) is 15.2. The third kappa shape index (κ3) is 4.44. The fourth-order valence-corrected chi connectivity index (χ4v) is 2.04. The molecule has 1 nitrogen and oxygen atoms in total. The van der Waals surface area contributed by atoms with Gasteiger partial charge in [0.1, 0.15) is 0 Å². The first-order valence-corrected chi connectivity index (χ1v) is 7.15. The SMILES string of the molecule is C=C(C/C=C/c1ccc(Cl)cc1)C(=O)c1ccc(C)cc1. The summed E-state index contributed by atoms with van der Waals surface area (Å²) in [5.74, 6) is -0.00393. The second kappa shape index (κ2) is 7.05. The molecule has 0 spiro atoms. The van der Waals surface area contributed by atoms with Gasteiger partial charge in [0.2, 0.25) is 0 Å². The minimum atomic E-state index is -0.00393. The summed E-state index contributed by atoms with van der Waals surface area (Å²) in [7, 11) is 0. The van der Waals surface area contributed by atoms with E-state index in [9.17, 15) is 4.79 Å². The number of hydrogen-bond donors (Lipinski definition) is 0. The van der Waals surface area contributed by atoms with Crippen LogP contribution in [0.15, 0.2) is 66.8 Å². The third-order valence-electron chi connectivity index (χ3n) is 3.18. The van der Waals surface area contributed by atoms with Crippen molar-refractivity contribution in [3.05, 3.63) is 88.5 Å². The van der Waals surface area contributed by atoms with Crippen molar-refractivity contribution in [3.63, 3.8) is 0 Å². The van der Waals surface area contributed by atoms with Crippen LogP contribution < -0.4 is 0 Å². The van der Waals surface area contributed by atoms with Crippen molar-refractivity contribution in [2.45, 2.75) is 13.3 Å². The number of carbonyl (C=O) groups is 1. The topological polar surface area (TPSA) is 17.1 Å². The van der Waals surface area contributed by atoms with Crippen LogP contribution in [-0.2, 0) is 0 Å². The standard InChI is InChI=1S/C19H17ClO/c1-14-6-10-17(11-7-14)19(21)15(2)4-3-5-16-8-12-18(20)13-9-16/h3,5-13H,2,4H2,1H3/b5-3+. The lowest BCUT2D eigenvalue weighted by Gasteiger charge is -2.03.